The summed E-state index contributed by atoms with van der Waals surface area (Å²) in [5.74, 6) is 0. The summed E-state index contributed by atoms with van der Waals surface area (Å²) in [6.07, 6.45) is -0.326. The standard InChI is InChI=1S/C21H29NO3Si/c1-5-17(22-20(23)24)16-25-26(21(2,3)4,18-12-8-6-9-13-18)19-14-10-7-11-15-19/h6-15,17,22H,5,16H2,1-4H3,(H,23,24). The summed E-state index contributed by atoms with van der Waals surface area (Å²) in [5, 5.41) is 13.9. The minimum atomic E-state index is -2.61. The van der Waals surface area contributed by atoms with Gasteiger partial charge in [-0.2, -0.15) is 0 Å². The van der Waals surface area contributed by atoms with Crippen LogP contribution in [0.25, 0.3) is 0 Å². The normalized spacial score (nSPS) is 13.2. The Balaban J connectivity index is 2.52. The van der Waals surface area contributed by atoms with Crippen molar-refractivity contribution in [3.05, 3.63) is 60.7 Å². The highest BCUT2D eigenvalue weighted by Crippen LogP contribution is 2.36. The van der Waals surface area contributed by atoms with E-state index in [-0.39, 0.29) is 11.1 Å². The molecule has 0 aliphatic heterocycles. The molecule has 0 aliphatic carbocycles. The molecule has 1 atom stereocenters. The molecule has 0 saturated heterocycles. The first kappa shape index (κ1) is 20.2. The monoisotopic (exact) mass is 371 g/mol. The second kappa shape index (κ2) is 8.51. The minimum absolute atomic E-state index is 0.114. The van der Waals surface area contributed by atoms with Gasteiger partial charge in [-0.1, -0.05) is 88.4 Å². The predicted octanol–water partition coefficient (Wildman–Crippen LogP) is 3.61. The number of nitrogens with one attached hydrogen (secondary N) is 1. The summed E-state index contributed by atoms with van der Waals surface area (Å²) in [6.45, 7) is 8.96. The van der Waals surface area contributed by atoms with E-state index < -0.39 is 14.4 Å². The van der Waals surface area contributed by atoms with E-state index in [9.17, 15) is 4.79 Å². The molecule has 0 heterocycles. The number of benzene rings is 2. The molecule has 26 heavy (non-hydrogen) atoms. The first-order chi connectivity index (χ1) is 12.3. The van der Waals surface area contributed by atoms with Crippen LogP contribution in [0, 0.1) is 0 Å². The maximum atomic E-state index is 11.1. The number of amides is 1. The second-order valence-corrected chi connectivity index (χ2v) is 11.8. The zero-order valence-corrected chi connectivity index (χ0v) is 17.0. The Morgan fingerprint density at radius 1 is 1.04 bits per heavy atom. The van der Waals surface area contributed by atoms with Crippen molar-refractivity contribution in [1.82, 2.24) is 5.32 Å². The van der Waals surface area contributed by atoms with E-state index >= 15 is 0 Å². The van der Waals surface area contributed by atoms with Crippen LogP contribution in [-0.4, -0.2) is 32.2 Å². The number of hydrogen-bond acceptors (Lipinski definition) is 2. The molecule has 1 amide bonds. The van der Waals surface area contributed by atoms with Gasteiger partial charge in [0.2, 0.25) is 0 Å². The number of rotatable bonds is 7. The Hall–Kier alpha value is -2.11. The maximum absolute atomic E-state index is 11.1. The fraction of sp³-hybridized carbons (Fsp3) is 0.381. The predicted molar refractivity (Wildman–Crippen MR) is 109 cm³/mol. The van der Waals surface area contributed by atoms with Crippen LogP contribution in [0.15, 0.2) is 60.7 Å². The third kappa shape index (κ3) is 4.34. The van der Waals surface area contributed by atoms with Crippen LogP contribution >= 0.6 is 0 Å². The third-order valence-electron chi connectivity index (χ3n) is 4.74. The molecule has 2 aromatic rings. The molecule has 0 saturated carbocycles. The zero-order chi connectivity index (χ0) is 19.2. The lowest BCUT2D eigenvalue weighted by molar-refractivity contribution is 0.178. The highest BCUT2D eigenvalue weighted by molar-refractivity contribution is 6.99. The van der Waals surface area contributed by atoms with E-state index in [4.69, 9.17) is 9.53 Å². The average molecular weight is 372 g/mol. The Morgan fingerprint density at radius 3 is 1.85 bits per heavy atom. The van der Waals surface area contributed by atoms with Crippen LogP contribution < -0.4 is 15.7 Å². The van der Waals surface area contributed by atoms with Crippen molar-refractivity contribution in [2.75, 3.05) is 6.61 Å². The Labute approximate surface area is 157 Å². The van der Waals surface area contributed by atoms with Gasteiger partial charge >= 0.3 is 6.09 Å². The molecule has 2 rings (SSSR count). The van der Waals surface area contributed by atoms with Gasteiger partial charge in [-0.25, -0.2) is 4.79 Å². The van der Waals surface area contributed by atoms with Gasteiger partial charge in [-0.15, -0.1) is 0 Å². The van der Waals surface area contributed by atoms with E-state index in [0.29, 0.717) is 13.0 Å². The highest BCUT2D eigenvalue weighted by atomic mass is 28.4. The van der Waals surface area contributed by atoms with Gasteiger partial charge in [0.25, 0.3) is 8.32 Å². The summed E-state index contributed by atoms with van der Waals surface area (Å²) >= 11 is 0. The van der Waals surface area contributed by atoms with Crippen molar-refractivity contribution < 1.29 is 14.3 Å². The molecule has 4 nitrogen and oxygen atoms in total. The summed E-state index contributed by atoms with van der Waals surface area (Å²) in [5.41, 5.74) is 0. The van der Waals surface area contributed by atoms with Crippen molar-refractivity contribution in [3.8, 4) is 0 Å². The number of carboxylic acid groups (broad SMARTS) is 1. The molecular weight excluding hydrogens is 342 g/mol. The van der Waals surface area contributed by atoms with Crippen LogP contribution in [0.5, 0.6) is 0 Å². The molecule has 2 aromatic carbocycles. The topological polar surface area (TPSA) is 58.6 Å². The van der Waals surface area contributed by atoms with Crippen LogP contribution in [0.1, 0.15) is 34.1 Å². The lowest BCUT2D eigenvalue weighted by atomic mass is 10.2. The molecule has 1 unspecified atom stereocenters. The minimum Gasteiger partial charge on any atom is -0.465 e. The summed E-state index contributed by atoms with van der Waals surface area (Å²) < 4.78 is 6.73. The summed E-state index contributed by atoms with van der Waals surface area (Å²) in [7, 11) is -2.61. The lowest BCUT2D eigenvalue weighted by Crippen LogP contribution is -2.67. The number of hydrogen-bond donors (Lipinski definition) is 2. The van der Waals surface area contributed by atoms with Gasteiger partial charge in [-0.3, -0.25) is 0 Å². The smallest absolute Gasteiger partial charge is 0.404 e. The quantitative estimate of drug-likeness (QED) is 0.731. The lowest BCUT2D eigenvalue weighted by Gasteiger charge is -2.43. The van der Waals surface area contributed by atoms with Crippen LogP contribution in [0.4, 0.5) is 4.79 Å². The molecule has 0 spiro atoms. The first-order valence-corrected chi connectivity index (χ1v) is 11.0. The largest absolute Gasteiger partial charge is 0.465 e. The van der Waals surface area contributed by atoms with Crippen LogP contribution in [-0.2, 0) is 4.43 Å². The van der Waals surface area contributed by atoms with Crippen molar-refractivity contribution in [1.29, 1.82) is 0 Å². The van der Waals surface area contributed by atoms with E-state index in [0.717, 1.165) is 0 Å². The van der Waals surface area contributed by atoms with Gasteiger partial charge in [0.05, 0.1) is 12.6 Å². The second-order valence-electron chi connectivity index (χ2n) is 7.53. The zero-order valence-electron chi connectivity index (χ0n) is 16.0. The average Bonchev–Trinajstić information content (AvgIpc) is 2.61. The van der Waals surface area contributed by atoms with E-state index in [1.165, 1.54) is 10.4 Å². The molecule has 0 aliphatic rings. The number of carbonyl (C=O) groups is 1. The fourth-order valence-corrected chi connectivity index (χ4v) is 8.03. The molecule has 0 radical (unpaired) electrons. The summed E-state index contributed by atoms with van der Waals surface area (Å²) in [4.78, 5) is 11.1. The Morgan fingerprint density at radius 2 is 1.50 bits per heavy atom. The highest BCUT2D eigenvalue weighted by Gasteiger charge is 2.50. The Bertz CT molecular complexity index is 659. The molecule has 5 heteroatoms. The maximum Gasteiger partial charge on any atom is 0.404 e. The van der Waals surface area contributed by atoms with Crippen molar-refractivity contribution in [2.45, 2.75) is 45.2 Å². The summed E-state index contributed by atoms with van der Waals surface area (Å²) in [6, 6.07) is 20.5. The molecule has 0 aromatic heterocycles. The molecular formula is C21H29NO3Si. The van der Waals surface area contributed by atoms with Crippen LogP contribution in [0.3, 0.4) is 0 Å². The van der Waals surface area contributed by atoms with Gasteiger partial charge in [-0.05, 0) is 21.8 Å². The Kier molecular flexibility index (Phi) is 6.61. The van der Waals surface area contributed by atoms with Crippen molar-refractivity contribution >= 4 is 24.8 Å². The fourth-order valence-electron chi connectivity index (χ4n) is 3.42. The van der Waals surface area contributed by atoms with E-state index in [1.807, 2.05) is 43.3 Å². The van der Waals surface area contributed by atoms with Gasteiger partial charge in [0, 0.05) is 0 Å². The van der Waals surface area contributed by atoms with Crippen molar-refractivity contribution in [3.63, 3.8) is 0 Å². The SMILES string of the molecule is CCC(CO[Si](c1ccccc1)(c1ccccc1)C(C)(C)C)NC(=O)O. The van der Waals surface area contributed by atoms with E-state index in [2.05, 4.69) is 50.4 Å². The van der Waals surface area contributed by atoms with Gasteiger partial charge in [0.1, 0.15) is 0 Å². The third-order valence-corrected chi connectivity index (χ3v) is 9.74. The van der Waals surface area contributed by atoms with Gasteiger partial charge in [0.15, 0.2) is 0 Å². The molecule has 0 bridgehead atoms. The molecule has 2 N–H and O–H groups in total. The van der Waals surface area contributed by atoms with E-state index in [1.54, 1.807) is 0 Å². The first-order valence-electron chi connectivity index (χ1n) is 9.05. The molecule has 140 valence electrons. The van der Waals surface area contributed by atoms with Crippen molar-refractivity contribution in [2.24, 2.45) is 0 Å². The van der Waals surface area contributed by atoms with Gasteiger partial charge < -0.3 is 14.8 Å². The molecule has 0 fully saturated rings. The van der Waals surface area contributed by atoms with Crippen LogP contribution in [0.2, 0.25) is 5.04 Å².